The molecular formula is C21H23N5O3S. The van der Waals surface area contributed by atoms with Crippen LogP contribution in [-0.4, -0.2) is 36.1 Å². The van der Waals surface area contributed by atoms with Crippen molar-refractivity contribution in [1.29, 1.82) is 0 Å². The Hall–Kier alpha value is -2.75. The number of rotatable bonds is 6. The Balaban J connectivity index is 1.38. The summed E-state index contributed by atoms with van der Waals surface area (Å²) in [4.78, 5) is 8.99. The van der Waals surface area contributed by atoms with E-state index in [1.807, 2.05) is 24.4 Å². The highest BCUT2D eigenvalue weighted by molar-refractivity contribution is 7.84. The van der Waals surface area contributed by atoms with Crippen LogP contribution in [0.1, 0.15) is 36.1 Å². The van der Waals surface area contributed by atoms with Crippen molar-refractivity contribution in [1.82, 2.24) is 19.3 Å². The van der Waals surface area contributed by atoms with Crippen LogP contribution in [0, 0.1) is 0 Å². The molecule has 2 N–H and O–H groups in total. The molecule has 2 aliphatic rings. The Bertz CT molecular complexity index is 1220. The van der Waals surface area contributed by atoms with Crippen LogP contribution in [0.4, 0.5) is 5.82 Å². The molecule has 0 aliphatic heterocycles. The van der Waals surface area contributed by atoms with Crippen LogP contribution in [0.15, 0.2) is 55.0 Å². The van der Waals surface area contributed by atoms with Gasteiger partial charge in [-0.05, 0) is 36.5 Å². The molecular weight excluding hydrogens is 402 g/mol. The Kier molecular flexibility index (Phi) is 4.80. The van der Waals surface area contributed by atoms with E-state index in [4.69, 9.17) is 0 Å². The predicted molar refractivity (Wildman–Crippen MR) is 114 cm³/mol. The zero-order valence-electron chi connectivity index (χ0n) is 16.5. The largest absolute Gasteiger partial charge is 0.363 e. The molecule has 30 heavy (non-hydrogen) atoms. The van der Waals surface area contributed by atoms with E-state index in [0.29, 0.717) is 6.42 Å². The first kappa shape index (κ1) is 19.2. The second kappa shape index (κ2) is 7.50. The minimum Gasteiger partial charge on any atom is -0.363 e. The lowest BCUT2D eigenvalue weighted by Gasteiger charge is -2.17. The third-order valence-corrected chi connectivity index (χ3v) is 6.92. The van der Waals surface area contributed by atoms with E-state index in [1.165, 1.54) is 11.1 Å². The number of fused-ring (bicyclic) bond motifs is 2. The van der Waals surface area contributed by atoms with Crippen molar-refractivity contribution in [2.24, 2.45) is 0 Å². The fourth-order valence-corrected chi connectivity index (χ4v) is 5.07. The monoisotopic (exact) mass is 425 g/mol. The second-order valence-corrected chi connectivity index (χ2v) is 9.13. The lowest BCUT2D eigenvalue weighted by atomic mass is 10.1. The first-order valence-corrected chi connectivity index (χ1v) is 11.4. The van der Waals surface area contributed by atoms with Gasteiger partial charge in [-0.25, -0.2) is 9.97 Å². The summed E-state index contributed by atoms with van der Waals surface area (Å²) in [5.74, 6) is 0.819. The molecule has 5 rings (SSSR count). The van der Waals surface area contributed by atoms with Crippen LogP contribution in [0.5, 0.6) is 0 Å². The lowest BCUT2D eigenvalue weighted by molar-refractivity contribution is 0.380. The molecule has 156 valence electrons. The van der Waals surface area contributed by atoms with Crippen LogP contribution in [0.2, 0.25) is 0 Å². The van der Waals surface area contributed by atoms with Crippen LogP contribution < -0.4 is 10.0 Å². The van der Waals surface area contributed by atoms with Gasteiger partial charge in [0.25, 0.3) is 0 Å². The van der Waals surface area contributed by atoms with E-state index in [1.54, 1.807) is 6.33 Å². The van der Waals surface area contributed by atoms with E-state index in [-0.39, 0.29) is 18.1 Å². The quantitative estimate of drug-likeness (QED) is 0.590. The molecule has 8 nitrogen and oxygen atoms in total. The average Bonchev–Trinajstić information content (AvgIpc) is 3.47. The summed E-state index contributed by atoms with van der Waals surface area (Å²) in [7, 11) is -2.58. The fourth-order valence-electron chi connectivity index (χ4n) is 4.43. The standard InChI is InChI=1S/C21H23N5O3S/c1-29-30(27,28)25-15-7-8-16(12-15)26-11-10-18-20(22-13-23-21(18)26)24-19-9-6-14-4-2-3-5-17(14)19/h2-5,7-8,10-11,13,15-16,19,25H,6,9,12H2,1H3,(H,22,23,24)/t15-,16-,19-/m0/s1. The second-order valence-electron chi connectivity index (χ2n) is 7.65. The summed E-state index contributed by atoms with van der Waals surface area (Å²) in [6, 6.07) is 10.5. The van der Waals surface area contributed by atoms with E-state index >= 15 is 0 Å². The molecule has 0 spiro atoms. The van der Waals surface area contributed by atoms with Crippen molar-refractivity contribution < 1.29 is 12.6 Å². The van der Waals surface area contributed by atoms with E-state index in [0.717, 1.165) is 36.8 Å². The first-order chi connectivity index (χ1) is 14.5. The van der Waals surface area contributed by atoms with Gasteiger partial charge in [0.1, 0.15) is 17.8 Å². The van der Waals surface area contributed by atoms with Crippen LogP contribution in [-0.2, 0) is 20.9 Å². The number of aromatic nitrogens is 3. The minimum absolute atomic E-state index is 0.00186. The minimum atomic E-state index is -3.73. The average molecular weight is 426 g/mol. The Morgan fingerprint density at radius 1 is 1.17 bits per heavy atom. The van der Waals surface area contributed by atoms with Crippen LogP contribution in [0.25, 0.3) is 11.0 Å². The molecule has 3 atom stereocenters. The molecule has 2 heterocycles. The normalized spacial score (nSPS) is 23.2. The van der Waals surface area contributed by atoms with Gasteiger partial charge in [0.15, 0.2) is 0 Å². The number of hydrogen-bond acceptors (Lipinski definition) is 6. The highest BCUT2D eigenvalue weighted by Gasteiger charge is 2.27. The molecule has 0 saturated heterocycles. The molecule has 0 bridgehead atoms. The van der Waals surface area contributed by atoms with Crippen LogP contribution in [0.3, 0.4) is 0 Å². The van der Waals surface area contributed by atoms with Crippen molar-refractivity contribution in [3.8, 4) is 0 Å². The highest BCUT2D eigenvalue weighted by Crippen LogP contribution is 2.35. The van der Waals surface area contributed by atoms with Crippen molar-refractivity contribution in [3.05, 3.63) is 66.1 Å². The maximum Gasteiger partial charge on any atom is 0.336 e. The number of benzene rings is 1. The molecule has 2 aliphatic carbocycles. The van der Waals surface area contributed by atoms with E-state index in [9.17, 15) is 8.42 Å². The maximum absolute atomic E-state index is 11.7. The smallest absolute Gasteiger partial charge is 0.336 e. The van der Waals surface area contributed by atoms with Gasteiger partial charge in [-0.15, -0.1) is 0 Å². The van der Waals surface area contributed by atoms with E-state index in [2.05, 4.69) is 53.0 Å². The number of nitrogens with one attached hydrogen (secondary N) is 2. The summed E-state index contributed by atoms with van der Waals surface area (Å²) in [6.45, 7) is 0. The summed E-state index contributed by atoms with van der Waals surface area (Å²) in [5, 5.41) is 4.56. The topological polar surface area (TPSA) is 98.1 Å². The van der Waals surface area contributed by atoms with Gasteiger partial charge in [0, 0.05) is 12.2 Å². The number of allylic oxidation sites excluding steroid dienone is 1. The summed E-state index contributed by atoms with van der Waals surface area (Å²) >= 11 is 0. The number of nitrogens with zero attached hydrogens (tertiary/aromatic N) is 3. The maximum atomic E-state index is 11.7. The molecule has 0 fully saturated rings. The molecule has 0 saturated carbocycles. The molecule has 0 unspecified atom stereocenters. The molecule has 0 amide bonds. The van der Waals surface area contributed by atoms with E-state index < -0.39 is 10.3 Å². The van der Waals surface area contributed by atoms with Gasteiger partial charge in [0.05, 0.1) is 24.6 Å². The van der Waals surface area contributed by atoms with Crippen LogP contribution >= 0.6 is 0 Å². The van der Waals surface area contributed by atoms with Gasteiger partial charge in [0.2, 0.25) is 0 Å². The van der Waals surface area contributed by atoms with Gasteiger partial charge >= 0.3 is 10.3 Å². The lowest BCUT2D eigenvalue weighted by Crippen LogP contribution is -2.33. The third kappa shape index (κ3) is 3.49. The molecule has 0 radical (unpaired) electrons. The number of hydrogen-bond donors (Lipinski definition) is 2. The molecule has 1 aromatic carbocycles. The first-order valence-electron chi connectivity index (χ1n) is 9.96. The van der Waals surface area contributed by atoms with Gasteiger partial charge < -0.3 is 9.88 Å². The Morgan fingerprint density at radius 2 is 2.03 bits per heavy atom. The van der Waals surface area contributed by atoms with Crippen molar-refractivity contribution in [3.63, 3.8) is 0 Å². The third-order valence-electron chi connectivity index (χ3n) is 5.89. The summed E-state index contributed by atoms with van der Waals surface area (Å²) < 4.78 is 32.4. The number of anilines is 1. The van der Waals surface area contributed by atoms with Crippen molar-refractivity contribution in [2.75, 3.05) is 12.4 Å². The Labute approximate surface area is 175 Å². The van der Waals surface area contributed by atoms with Crippen molar-refractivity contribution in [2.45, 2.75) is 37.4 Å². The predicted octanol–water partition coefficient (Wildman–Crippen LogP) is 2.88. The van der Waals surface area contributed by atoms with Gasteiger partial charge in [-0.3, -0.25) is 4.18 Å². The number of aryl methyl sites for hydroxylation is 1. The Morgan fingerprint density at radius 3 is 2.90 bits per heavy atom. The fraction of sp³-hybridized carbons (Fsp3) is 0.333. The zero-order valence-corrected chi connectivity index (χ0v) is 17.3. The van der Waals surface area contributed by atoms with Crippen molar-refractivity contribution >= 4 is 27.2 Å². The highest BCUT2D eigenvalue weighted by atomic mass is 32.2. The summed E-state index contributed by atoms with van der Waals surface area (Å²) in [5.41, 5.74) is 3.54. The zero-order chi connectivity index (χ0) is 20.7. The molecule has 2 aromatic heterocycles. The van der Waals surface area contributed by atoms with Gasteiger partial charge in [-0.2, -0.15) is 13.1 Å². The SMILES string of the molecule is COS(=O)(=O)N[C@H]1C=C[C@H](n2ccc3c(N[C@H]4CCc5ccccc54)ncnc32)C1. The van der Waals surface area contributed by atoms with Gasteiger partial charge in [-0.1, -0.05) is 36.4 Å². The molecule has 9 heteroatoms. The molecule has 3 aromatic rings. The summed E-state index contributed by atoms with van der Waals surface area (Å²) in [6.07, 6.45) is 10.1.